The molecule has 6 heteroatoms. The van der Waals surface area contributed by atoms with E-state index in [4.69, 9.17) is 0 Å². The van der Waals surface area contributed by atoms with Crippen molar-refractivity contribution in [1.29, 1.82) is 0 Å². The van der Waals surface area contributed by atoms with Crippen molar-refractivity contribution in [2.75, 3.05) is 0 Å². The lowest BCUT2D eigenvalue weighted by atomic mass is 10.1. The predicted molar refractivity (Wildman–Crippen MR) is 63.5 cm³/mol. The van der Waals surface area contributed by atoms with Gasteiger partial charge in [0.25, 0.3) is 5.91 Å². The molecule has 0 aromatic carbocycles. The molecule has 2 unspecified atom stereocenters. The third-order valence-electron chi connectivity index (χ3n) is 3.35. The molecular weight excluding hydrogens is 257 g/mol. The second-order valence-corrected chi connectivity index (χ2v) is 5.02. The van der Waals surface area contributed by atoms with Gasteiger partial charge in [-0.15, -0.1) is 0 Å². The Labute approximate surface area is 109 Å². The standard InChI is InChI=1S/C13H15F3N2O/c1-8-2-4-10(6-8)18-12(19)11-5-3-9(7-17-11)13(14,15)16/h3,5,7-8,10H,2,4,6H2,1H3,(H,18,19). The van der Waals surface area contributed by atoms with Crippen LogP contribution in [0.2, 0.25) is 0 Å². The molecule has 2 atom stereocenters. The Morgan fingerprint density at radius 2 is 2.11 bits per heavy atom. The van der Waals surface area contributed by atoms with E-state index in [2.05, 4.69) is 17.2 Å². The summed E-state index contributed by atoms with van der Waals surface area (Å²) < 4.78 is 37.1. The van der Waals surface area contributed by atoms with Crippen molar-refractivity contribution >= 4 is 5.91 Å². The highest BCUT2D eigenvalue weighted by Gasteiger charge is 2.31. The highest BCUT2D eigenvalue weighted by atomic mass is 19.4. The predicted octanol–water partition coefficient (Wildman–Crippen LogP) is 3.02. The minimum Gasteiger partial charge on any atom is -0.348 e. The Hall–Kier alpha value is -1.59. The van der Waals surface area contributed by atoms with Crippen LogP contribution in [0.25, 0.3) is 0 Å². The number of alkyl halides is 3. The van der Waals surface area contributed by atoms with E-state index in [1.165, 1.54) is 0 Å². The van der Waals surface area contributed by atoms with Crippen LogP contribution in [0.3, 0.4) is 0 Å². The number of nitrogens with one attached hydrogen (secondary N) is 1. The van der Waals surface area contributed by atoms with Gasteiger partial charge in [0.05, 0.1) is 5.56 Å². The van der Waals surface area contributed by atoms with Crippen molar-refractivity contribution in [1.82, 2.24) is 10.3 Å². The quantitative estimate of drug-likeness (QED) is 0.899. The topological polar surface area (TPSA) is 42.0 Å². The summed E-state index contributed by atoms with van der Waals surface area (Å²) in [7, 11) is 0. The fourth-order valence-corrected chi connectivity index (χ4v) is 2.29. The van der Waals surface area contributed by atoms with Gasteiger partial charge < -0.3 is 5.32 Å². The lowest BCUT2D eigenvalue weighted by Crippen LogP contribution is -2.33. The smallest absolute Gasteiger partial charge is 0.348 e. The molecule has 1 heterocycles. The van der Waals surface area contributed by atoms with Crippen molar-refractivity contribution in [3.63, 3.8) is 0 Å². The Morgan fingerprint density at radius 1 is 1.37 bits per heavy atom. The van der Waals surface area contributed by atoms with Gasteiger partial charge in [-0.05, 0) is 37.3 Å². The minimum absolute atomic E-state index is 0.0209. The van der Waals surface area contributed by atoms with Gasteiger partial charge in [-0.1, -0.05) is 6.92 Å². The molecule has 19 heavy (non-hydrogen) atoms. The number of amides is 1. The second-order valence-electron chi connectivity index (χ2n) is 5.02. The highest BCUT2D eigenvalue weighted by Crippen LogP contribution is 2.28. The molecule has 0 radical (unpaired) electrons. The van der Waals surface area contributed by atoms with Gasteiger partial charge in [0.2, 0.25) is 0 Å². The van der Waals surface area contributed by atoms with E-state index in [0.717, 1.165) is 31.4 Å². The fourth-order valence-electron chi connectivity index (χ4n) is 2.29. The number of hydrogen-bond donors (Lipinski definition) is 1. The SMILES string of the molecule is CC1CCC(NC(=O)c2ccc(C(F)(F)F)cn2)C1. The van der Waals surface area contributed by atoms with Gasteiger partial charge in [-0.2, -0.15) is 13.2 Å². The van der Waals surface area contributed by atoms with Crippen molar-refractivity contribution in [3.8, 4) is 0 Å². The lowest BCUT2D eigenvalue weighted by molar-refractivity contribution is -0.137. The van der Waals surface area contributed by atoms with Gasteiger partial charge in [0, 0.05) is 12.2 Å². The van der Waals surface area contributed by atoms with E-state index in [0.29, 0.717) is 12.1 Å². The molecule has 0 saturated heterocycles. The minimum atomic E-state index is -4.43. The molecule has 0 bridgehead atoms. The first-order chi connectivity index (χ1) is 8.86. The number of halogens is 3. The third-order valence-corrected chi connectivity index (χ3v) is 3.35. The fraction of sp³-hybridized carbons (Fsp3) is 0.538. The van der Waals surface area contributed by atoms with Crippen LogP contribution >= 0.6 is 0 Å². The van der Waals surface area contributed by atoms with E-state index in [9.17, 15) is 18.0 Å². The molecule has 1 aromatic rings. The Morgan fingerprint density at radius 3 is 2.58 bits per heavy atom. The lowest BCUT2D eigenvalue weighted by Gasteiger charge is -2.12. The maximum Gasteiger partial charge on any atom is 0.417 e. The molecule has 3 nitrogen and oxygen atoms in total. The van der Waals surface area contributed by atoms with Crippen LogP contribution in [0, 0.1) is 5.92 Å². The van der Waals surface area contributed by atoms with Gasteiger partial charge >= 0.3 is 6.18 Å². The number of nitrogens with zero attached hydrogens (tertiary/aromatic N) is 1. The molecular formula is C13H15F3N2O. The number of pyridine rings is 1. The van der Waals surface area contributed by atoms with Crippen molar-refractivity contribution < 1.29 is 18.0 Å². The molecule has 0 spiro atoms. The highest BCUT2D eigenvalue weighted by molar-refractivity contribution is 5.92. The molecule has 1 aromatic heterocycles. The number of rotatable bonds is 2. The summed E-state index contributed by atoms with van der Waals surface area (Å²) in [6.45, 7) is 2.11. The summed E-state index contributed by atoms with van der Waals surface area (Å²) in [4.78, 5) is 15.4. The summed E-state index contributed by atoms with van der Waals surface area (Å²) in [5.41, 5.74) is -0.828. The van der Waals surface area contributed by atoms with Crippen molar-refractivity contribution in [2.45, 2.75) is 38.4 Å². The largest absolute Gasteiger partial charge is 0.417 e. The van der Waals surface area contributed by atoms with Gasteiger partial charge in [0.15, 0.2) is 0 Å². The van der Waals surface area contributed by atoms with Crippen LogP contribution in [0.4, 0.5) is 13.2 Å². The summed E-state index contributed by atoms with van der Waals surface area (Å²) >= 11 is 0. The first-order valence-electron chi connectivity index (χ1n) is 6.20. The summed E-state index contributed by atoms with van der Waals surface area (Å²) in [6.07, 6.45) is -0.861. The Bertz CT molecular complexity index is 456. The molecule has 1 amide bonds. The maximum atomic E-state index is 12.4. The number of hydrogen-bond acceptors (Lipinski definition) is 2. The molecule has 2 rings (SSSR count). The molecule has 1 fully saturated rings. The van der Waals surface area contributed by atoms with Crippen molar-refractivity contribution in [3.05, 3.63) is 29.6 Å². The molecule has 1 aliphatic carbocycles. The summed E-state index contributed by atoms with van der Waals surface area (Å²) in [5.74, 6) is 0.165. The summed E-state index contributed by atoms with van der Waals surface area (Å²) in [5, 5.41) is 2.80. The van der Waals surface area contributed by atoms with Crippen LogP contribution in [0.15, 0.2) is 18.3 Å². The van der Waals surface area contributed by atoms with Crippen LogP contribution in [0.1, 0.15) is 42.2 Å². The monoisotopic (exact) mass is 272 g/mol. The van der Waals surface area contributed by atoms with E-state index >= 15 is 0 Å². The van der Waals surface area contributed by atoms with Crippen molar-refractivity contribution in [2.24, 2.45) is 5.92 Å². The van der Waals surface area contributed by atoms with E-state index in [-0.39, 0.29) is 11.7 Å². The first kappa shape index (κ1) is 13.8. The van der Waals surface area contributed by atoms with Gasteiger partial charge in [0.1, 0.15) is 5.69 Å². The molecule has 0 aliphatic heterocycles. The number of aromatic nitrogens is 1. The Kier molecular flexibility index (Phi) is 3.78. The molecule has 1 aliphatic rings. The van der Waals surface area contributed by atoms with E-state index < -0.39 is 17.6 Å². The zero-order chi connectivity index (χ0) is 14.0. The molecule has 104 valence electrons. The number of carbonyl (C=O) groups excluding carboxylic acids is 1. The maximum absolute atomic E-state index is 12.4. The normalized spacial score (nSPS) is 23.4. The van der Waals surface area contributed by atoms with Crippen LogP contribution in [-0.4, -0.2) is 16.9 Å². The zero-order valence-electron chi connectivity index (χ0n) is 10.5. The average Bonchev–Trinajstić information content (AvgIpc) is 2.74. The summed E-state index contributed by atoms with van der Waals surface area (Å²) in [6, 6.07) is 2.09. The van der Waals surface area contributed by atoms with Gasteiger partial charge in [-0.25, -0.2) is 0 Å². The second kappa shape index (κ2) is 5.19. The van der Waals surface area contributed by atoms with E-state index in [1.807, 2.05) is 0 Å². The Balaban J connectivity index is 2.00. The van der Waals surface area contributed by atoms with Crippen LogP contribution in [0.5, 0.6) is 0 Å². The van der Waals surface area contributed by atoms with Crippen LogP contribution < -0.4 is 5.32 Å². The number of carbonyl (C=O) groups is 1. The first-order valence-corrected chi connectivity index (χ1v) is 6.20. The van der Waals surface area contributed by atoms with Crippen LogP contribution in [-0.2, 0) is 6.18 Å². The van der Waals surface area contributed by atoms with E-state index in [1.54, 1.807) is 0 Å². The van der Waals surface area contributed by atoms with Gasteiger partial charge in [-0.3, -0.25) is 9.78 Å². The third kappa shape index (κ3) is 3.45. The zero-order valence-corrected chi connectivity index (χ0v) is 10.5. The average molecular weight is 272 g/mol. The molecule has 1 saturated carbocycles. The molecule has 1 N–H and O–H groups in total.